The zero-order valence-corrected chi connectivity index (χ0v) is 10.6. The first kappa shape index (κ1) is 12.7. The van der Waals surface area contributed by atoms with E-state index < -0.39 is 16.3 Å². The minimum atomic E-state index is -4.32. The Kier molecular flexibility index (Phi) is 3.41. The second-order valence-electron chi connectivity index (χ2n) is 3.28. The summed E-state index contributed by atoms with van der Waals surface area (Å²) in [4.78, 5) is 15.7. The highest BCUT2D eigenvalue weighted by Gasteiger charge is 2.18. The molecule has 0 amide bonds. The Morgan fingerprint density at radius 3 is 2.67 bits per heavy atom. The van der Waals surface area contributed by atoms with Crippen molar-refractivity contribution in [2.24, 2.45) is 5.14 Å². The van der Waals surface area contributed by atoms with Crippen LogP contribution in [0.5, 0.6) is 0 Å². The van der Waals surface area contributed by atoms with E-state index in [2.05, 4.69) is 14.3 Å². The molecule has 0 spiro atoms. The SMILES string of the molecule is NS(=O)(=O)OC(=O)c1ccccc1-c1cscn1. The van der Waals surface area contributed by atoms with E-state index in [0.29, 0.717) is 11.3 Å². The zero-order chi connectivity index (χ0) is 13.2. The van der Waals surface area contributed by atoms with Gasteiger partial charge in [-0.15, -0.1) is 11.3 Å². The predicted molar refractivity (Wildman–Crippen MR) is 66.1 cm³/mol. The van der Waals surface area contributed by atoms with E-state index in [-0.39, 0.29) is 5.56 Å². The molecule has 1 aromatic carbocycles. The van der Waals surface area contributed by atoms with Crippen LogP contribution in [0.4, 0.5) is 0 Å². The summed E-state index contributed by atoms with van der Waals surface area (Å²) in [5.41, 5.74) is 2.77. The van der Waals surface area contributed by atoms with Gasteiger partial charge in [0.25, 0.3) is 0 Å². The van der Waals surface area contributed by atoms with Crippen molar-refractivity contribution in [1.29, 1.82) is 0 Å². The molecule has 2 N–H and O–H groups in total. The third-order valence-corrected chi connectivity index (χ3v) is 3.02. The van der Waals surface area contributed by atoms with Gasteiger partial charge in [-0.05, 0) is 6.07 Å². The van der Waals surface area contributed by atoms with Crippen LogP contribution in [0.1, 0.15) is 10.4 Å². The summed E-state index contributed by atoms with van der Waals surface area (Å²) in [5, 5.41) is 6.40. The Bertz CT molecular complexity index is 665. The number of carbonyl (C=O) groups is 1. The summed E-state index contributed by atoms with van der Waals surface area (Å²) in [6.07, 6.45) is 0. The number of hydrogen-bond donors (Lipinski definition) is 1. The Morgan fingerprint density at radius 1 is 1.33 bits per heavy atom. The highest BCUT2D eigenvalue weighted by atomic mass is 32.2. The van der Waals surface area contributed by atoms with Crippen LogP contribution in [0, 0.1) is 0 Å². The fourth-order valence-corrected chi connectivity index (χ4v) is 2.23. The Balaban J connectivity index is 2.43. The van der Waals surface area contributed by atoms with Crippen molar-refractivity contribution < 1.29 is 17.4 Å². The van der Waals surface area contributed by atoms with E-state index >= 15 is 0 Å². The van der Waals surface area contributed by atoms with Gasteiger partial charge in [-0.1, -0.05) is 18.2 Å². The zero-order valence-electron chi connectivity index (χ0n) is 8.94. The molecule has 1 heterocycles. The Hall–Kier alpha value is -1.77. The number of nitrogens with zero attached hydrogens (tertiary/aromatic N) is 1. The van der Waals surface area contributed by atoms with Gasteiger partial charge < -0.3 is 4.18 Å². The molecule has 18 heavy (non-hydrogen) atoms. The molecule has 0 radical (unpaired) electrons. The monoisotopic (exact) mass is 284 g/mol. The molecule has 0 unspecified atom stereocenters. The van der Waals surface area contributed by atoms with Gasteiger partial charge in [0.15, 0.2) is 0 Å². The fourth-order valence-electron chi connectivity index (χ4n) is 1.38. The minimum Gasteiger partial charge on any atom is -0.330 e. The lowest BCUT2D eigenvalue weighted by Crippen LogP contribution is -2.20. The van der Waals surface area contributed by atoms with Crippen molar-refractivity contribution in [2.75, 3.05) is 0 Å². The van der Waals surface area contributed by atoms with Gasteiger partial charge in [-0.2, -0.15) is 13.6 Å². The van der Waals surface area contributed by atoms with Gasteiger partial charge in [0.05, 0.1) is 16.8 Å². The van der Waals surface area contributed by atoms with E-state index in [1.165, 1.54) is 17.4 Å². The molecule has 6 nitrogen and oxygen atoms in total. The summed E-state index contributed by atoms with van der Waals surface area (Å²) in [6.45, 7) is 0. The van der Waals surface area contributed by atoms with Gasteiger partial charge in [-0.25, -0.2) is 9.78 Å². The van der Waals surface area contributed by atoms with Crippen LogP contribution in [-0.4, -0.2) is 19.4 Å². The Morgan fingerprint density at radius 2 is 2.06 bits per heavy atom. The number of hydrogen-bond acceptors (Lipinski definition) is 6. The molecule has 94 valence electrons. The lowest BCUT2D eigenvalue weighted by molar-refractivity contribution is 0.0748. The van der Waals surface area contributed by atoms with Crippen molar-refractivity contribution in [3.8, 4) is 11.3 Å². The van der Waals surface area contributed by atoms with Crippen LogP contribution in [0.15, 0.2) is 35.2 Å². The second-order valence-corrected chi connectivity index (χ2v) is 5.15. The average molecular weight is 284 g/mol. The molecule has 0 aliphatic heterocycles. The van der Waals surface area contributed by atoms with Crippen molar-refractivity contribution in [1.82, 2.24) is 4.98 Å². The summed E-state index contributed by atoms with van der Waals surface area (Å²) >= 11 is 1.36. The number of thiazole rings is 1. The number of benzene rings is 1. The molecule has 0 saturated carbocycles. The smallest absolute Gasteiger partial charge is 0.330 e. The van der Waals surface area contributed by atoms with Crippen LogP contribution in [0.2, 0.25) is 0 Å². The van der Waals surface area contributed by atoms with Gasteiger partial charge in [-0.3, -0.25) is 0 Å². The molecular formula is C10H8N2O4S2. The maximum Gasteiger partial charge on any atom is 0.382 e. The first-order valence-corrected chi connectivity index (χ1v) is 7.13. The molecule has 8 heteroatoms. The van der Waals surface area contributed by atoms with Crippen molar-refractivity contribution in [2.45, 2.75) is 0 Å². The second kappa shape index (κ2) is 4.84. The standard InChI is InChI=1S/C10H8N2O4S2/c11-18(14,15)16-10(13)8-4-2-1-3-7(8)9-5-17-6-12-9/h1-6H,(H2,11,14,15). The van der Waals surface area contributed by atoms with Crippen LogP contribution < -0.4 is 5.14 Å². The first-order valence-electron chi connectivity index (χ1n) is 4.71. The van der Waals surface area contributed by atoms with E-state index in [4.69, 9.17) is 0 Å². The van der Waals surface area contributed by atoms with Crippen LogP contribution >= 0.6 is 11.3 Å². The molecule has 1 aromatic heterocycles. The quantitative estimate of drug-likeness (QED) is 0.912. The third-order valence-electron chi connectivity index (χ3n) is 2.05. The van der Waals surface area contributed by atoms with Gasteiger partial charge in [0, 0.05) is 10.9 Å². The topological polar surface area (TPSA) is 99.4 Å². The third kappa shape index (κ3) is 2.92. The molecule has 0 atom stereocenters. The van der Waals surface area contributed by atoms with Crippen molar-refractivity contribution in [3.05, 3.63) is 40.7 Å². The van der Waals surface area contributed by atoms with Crippen molar-refractivity contribution in [3.63, 3.8) is 0 Å². The van der Waals surface area contributed by atoms with E-state index in [1.54, 1.807) is 29.1 Å². The Labute approximate surface area is 107 Å². The molecule has 2 aromatic rings. The van der Waals surface area contributed by atoms with E-state index in [0.717, 1.165) is 0 Å². The van der Waals surface area contributed by atoms with Gasteiger partial charge >= 0.3 is 16.3 Å². The molecule has 0 aliphatic rings. The molecule has 0 bridgehead atoms. The summed E-state index contributed by atoms with van der Waals surface area (Å²) < 4.78 is 25.6. The lowest BCUT2D eigenvalue weighted by Gasteiger charge is -2.05. The van der Waals surface area contributed by atoms with Crippen LogP contribution in [0.3, 0.4) is 0 Å². The normalized spacial score (nSPS) is 11.2. The largest absolute Gasteiger partial charge is 0.382 e. The fraction of sp³-hybridized carbons (Fsp3) is 0. The number of rotatable bonds is 3. The van der Waals surface area contributed by atoms with Crippen LogP contribution in [0.25, 0.3) is 11.3 Å². The average Bonchev–Trinajstić information content (AvgIpc) is 2.80. The number of carbonyl (C=O) groups excluding carboxylic acids is 1. The van der Waals surface area contributed by atoms with Gasteiger partial charge in [0.2, 0.25) is 0 Å². The maximum absolute atomic E-state index is 11.7. The number of nitrogens with two attached hydrogens (primary N) is 1. The van der Waals surface area contributed by atoms with Crippen molar-refractivity contribution >= 4 is 27.6 Å². The first-order chi connectivity index (χ1) is 8.47. The number of aromatic nitrogens is 1. The molecule has 0 fully saturated rings. The molecule has 2 rings (SSSR count). The highest BCUT2D eigenvalue weighted by molar-refractivity contribution is 7.84. The summed E-state index contributed by atoms with van der Waals surface area (Å²) in [6, 6.07) is 6.40. The lowest BCUT2D eigenvalue weighted by atomic mass is 10.1. The molecule has 0 saturated heterocycles. The van der Waals surface area contributed by atoms with Gasteiger partial charge in [0.1, 0.15) is 0 Å². The predicted octanol–water partition coefficient (Wildman–Crippen LogP) is 1.17. The minimum absolute atomic E-state index is 0.0948. The van der Waals surface area contributed by atoms with E-state index in [9.17, 15) is 13.2 Å². The highest BCUT2D eigenvalue weighted by Crippen LogP contribution is 2.24. The molecular weight excluding hydrogens is 276 g/mol. The van der Waals surface area contributed by atoms with Crippen LogP contribution in [-0.2, 0) is 14.5 Å². The van der Waals surface area contributed by atoms with E-state index in [1.807, 2.05) is 0 Å². The molecule has 0 aliphatic carbocycles. The summed E-state index contributed by atoms with van der Waals surface area (Å²) in [5.74, 6) is -1.03. The maximum atomic E-state index is 11.7. The summed E-state index contributed by atoms with van der Waals surface area (Å²) in [7, 11) is -4.32.